The molecule has 0 saturated heterocycles. The Hall–Kier alpha value is -0.0800. The van der Waals surface area contributed by atoms with Gasteiger partial charge < -0.3 is 10.1 Å². The summed E-state index contributed by atoms with van der Waals surface area (Å²) in [6.07, 6.45) is 2.36. The molecule has 86 valence electrons. The van der Waals surface area contributed by atoms with Crippen LogP contribution in [0.15, 0.2) is 0 Å². The average molecular weight is 201 g/mol. The highest BCUT2D eigenvalue weighted by molar-refractivity contribution is 4.77. The summed E-state index contributed by atoms with van der Waals surface area (Å²) in [5, 5.41) is 3.49. The fraction of sp³-hybridized carbons (Fsp3) is 1.00. The van der Waals surface area contributed by atoms with Crippen LogP contribution in [0.1, 0.15) is 40.5 Å². The third-order valence-electron chi connectivity index (χ3n) is 3.10. The lowest BCUT2D eigenvalue weighted by atomic mass is 9.78. The smallest absolute Gasteiger partial charge is 0.0465 e. The Kier molecular flexibility index (Phi) is 7.20. The molecule has 14 heavy (non-hydrogen) atoms. The van der Waals surface area contributed by atoms with E-state index in [1.54, 1.807) is 7.11 Å². The first-order chi connectivity index (χ1) is 6.54. The van der Waals surface area contributed by atoms with Crippen LogP contribution in [0.3, 0.4) is 0 Å². The highest BCUT2D eigenvalue weighted by Gasteiger charge is 2.24. The molecule has 0 spiro atoms. The van der Waals surface area contributed by atoms with E-state index in [1.807, 2.05) is 0 Å². The molecule has 0 aromatic carbocycles. The Labute approximate surface area is 89.4 Å². The molecule has 0 amide bonds. The maximum Gasteiger partial charge on any atom is 0.0465 e. The van der Waals surface area contributed by atoms with Crippen LogP contribution in [0.25, 0.3) is 0 Å². The molecular formula is C12H27NO. The minimum atomic E-state index is 0.369. The highest BCUT2D eigenvalue weighted by Crippen LogP contribution is 2.28. The van der Waals surface area contributed by atoms with Gasteiger partial charge in [-0.05, 0) is 30.7 Å². The Bertz CT molecular complexity index is 134. The van der Waals surface area contributed by atoms with E-state index >= 15 is 0 Å². The van der Waals surface area contributed by atoms with E-state index in [9.17, 15) is 0 Å². The third kappa shape index (κ3) is 5.61. The first-order valence-electron chi connectivity index (χ1n) is 5.74. The van der Waals surface area contributed by atoms with E-state index in [0.29, 0.717) is 11.3 Å². The summed E-state index contributed by atoms with van der Waals surface area (Å²) in [4.78, 5) is 0. The van der Waals surface area contributed by atoms with Gasteiger partial charge in [0, 0.05) is 20.3 Å². The van der Waals surface area contributed by atoms with Gasteiger partial charge in [-0.1, -0.05) is 27.7 Å². The van der Waals surface area contributed by atoms with Gasteiger partial charge >= 0.3 is 0 Å². The predicted molar refractivity (Wildman–Crippen MR) is 62.6 cm³/mol. The monoisotopic (exact) mass is 201 g/mol. The number of rotatable bonds is 8. The second-order valence-electron chi connectivity index (χ2n) is 4.85. The summed E-state index contributed by atoms with van der Waals surface area (Å²) in [6, 6.07) is 0. The van der Waals surface area contributed by atoms with Gasteiger partial charge in [0.2, 0.25) is 0 Å². The normalized spacial score (nSPS) is 14.4. The lowest BCUT2D eigenvalue weighted by Crippen LogP contribution is -2.35. The van der Waals surface area contributed by atoms with Gasteiger partial charge in [0.25, 0.3) is 0 Å². The number of nitrogens with one attached hydrogen (secondary N) is 1. The van der Waals surface area contributed by atoms with Gasteiger partial charge in [0.1, 0.15) is 0 Å². The van der Waals surface area contributed by atoms with Crippen LogP contribution in [-0.2, 0) is 4.74 Å². The number of methoxy groups -OCH3 is 1. The summed E-state index contributed by atoms with van der Waals surface area (Å²) in [5.74, 6) is 0.701. The molecule has 0 heterocycles. The summed E-state index contributed by atoms with van der Waals surface area (Å²) in [5.41, 5.74) is 0.369. The van der Waals surface area contributed by atoms with E-state index in [0.717, 1.165) is 26.1 Å². The minimum Gasteiger partial charge on any atom is -0.385 e. The first kappa shape index (κ1) is 13.9. The molecule has 0 radical (unpaired) electrons. The van der Waals surface area contributed by atoms with Gasteiger partial charge in [0.05, 0.1) is 0 Å². The van der Waals surface area contributed by atoms with Gasteiger partial charge in [-0.2, -0.15) is 0 Å². The highest BCUT2D eigenvalue weighted by atomic mass is 16.5. The van der Waals surface area contributed by atoms with Crippen molar-refractivity contribution in [3.05, 3.63) is 0 Å². The molecule has 1 atom stereocenters. The Morgan fingerprint density at radius 1 is 1.36 bits per heavy atom. The van der Waals surface area contributed by atoms with Crippen molar-refractivity contribution in [3.63, 3.8) is 0 Å². The van der Waals surface area contributed by atoms with E-state index < -0.39 is 0 Å². The molecule has 0 aliphatic heterocycles. The zero-order chi connectivity index (χ0) is 11.0. The van der Waals surface area contributed by atoms with Crippen molar-refractivity contribution in [1.82, 2.24) is 5.32 Å². The molecule has 1 unspecified atom stereocenters. The van der Waals surface area contributed by atoms with Crippen LogP contribution in [0.4, 0.5) is 0 Å². The Balaban J connectivity index is 3.77. The number of hydrogen-bond donors (Lipinski definition) is 1. The molecule has 2 nitrogen and oxygen atoms in total. The molecule has 1 N–H and O–H groups in total. The molecule has 2 heteroatoms. The van der Waals surface area contributed by atoms with E-state index in [2.05, 4.69) is 33.0 Å². The van der Waals surface area contributed by atoms with Gasteiger partial charge in [-0.15, -0.1) is 0 Å². The zero-order valence-electron chi connectivity index (χ0n) is 10.5. The summed E-state index contributed by atoms with van der Waals surface area (Å²) >= 11 is 0. The topological polar surface area (TPSA) is 21.3 Å². The average Bonchev–Trinajstić information content (AvgIpc) is 2.14. The standard InChI is InChI=1S/C12H27NO/c1-6-8-13-10-12(3,4)11(2)7-9-14-5/h11,13H,6-10H2,1-5H3. The number of ether oxygens (including phenoxy) is 1. The van der Waals surface area contributed by atoms with Crippen LogP contribution in [0.5, 0.6) is 0 Å². The molecule has 0 bridgehead atoms. The van der Waals surface area contributed by atoms with Crippen molar-refractivity contribution >= 4 is 0 Å². The van der Waals surface area contributed by atoms with Crippen molar-refractivity contribution in [2.24, 2.45) is 11.3 Å². The largest absolute Gasteiger partial charge is 0.385 e. The van der Waals surface area contributed by atoms with Crippen LogP contribution in [-0.4, -0.2) is 26.8 Å². The lowest BCUT2D eigenvalue weighted by molar-refractivity contribution is 0.134. The predicted octanol–water partition coefficient (Wildman–Crippen LogP) is 2.68. The molecule has 0 rings (SSSR count). The Morgan fingerprint density at radius 3 is 2.50 bits per heavy atom. The maximum absolute atomic E-state index is 5.11. The second kappa shape index (κ2) is 7.24. The second-order valence-corrected chi connectivity index (χ2v) is 4.85. The summed E-state index contributed by atoms with van der Waals surface area (Å²) < 4.78 is 5.11. The Morgan fingerprint density at radius 2 is 2.00 bits per heavy atom. The molecule has 0 fully saturated rings. The van der Waals surface area contributed by atoms with Crippen molar-refractivity contribution in [2.75, 3.05) is 26.8 Å². The summed E-state index contributed by atoms with van der Waals surface area (Å²) in [7, 11) is 1.77. The van der Waals surface area contributed by atoms with Crippen LogP contribution >= 0.6 is 0 Å². The maximum atomic E-state index is 5.11. The third-order valence-corrected chi connectivity index (χ3v) is 3.10. The summed E-state index contributed by atoms with van der Waals surface area (Å²) in [6.45, 7) is 12.3. The van der Waals surface area contributed by atoms with E-state index in [-0.39, 0.29) is 0 Å². The molecule has 0 aliphatic rings. The number of hydrogen-bond acceptors (Lipinski definition) is 2. The van der Waals surface area contributed by atoms with Crippen molar-refractivity contribution in [3.8, 4) is 0 Å². The van der Waals surface area contributed by atoms with E-state index in [4.69, 9.17) is 4.74 Å². The van der Waals surface area contributed by atoms with Crippen molar-refractivity contribution in [2.45, 2.75) is 40.5 Å². The van der Waals surface area contributed by atoms with E-state index in [1.165, 1.54) is 6.42 Å². The van der Waals surface area contributed by atoms with Gasteiger partial charge in [-0.25, -0.2) is 0 Å². The minimum absolute atomic E-state index is 0.369. The lowest BCUT2D eigenvalue weighted by Gasteiger charge is -2.32. The van der Waals surface area contributed by atoms with Crippen molar-refractivity contribution in [1.29, 1.82) is 0 Å². The SMILES string of the molecule is CCCNCC(C)(C)C(C)CCOC. The molecule has 0 aromatic heterocycles. The van der Waals surface area contributed by atoms with Crippen LogP contribution in [0.2, 0.25) is 0 Å². The van der Waals surface area contributed by atoms with Crippen LogP contribution < -0.4 is 5.32 Å². The quantitative estimate of drug-likeness (QED) is 0.610. The van der Waals surface area contributed by atoms with Crippen molar-refractivity contribution < 1.29 is 4.74 Å². The van der Waals surface area contributed by atoms with Gasteiger partial charge in [-0.3, -0.25) is 0 Å². The molecule has 0 aromatic rings. The van der Waals surface area contributed by atoms with Gasteiger partial charge in [0.15, 0.2) is 0 Å². The fourth-order valence-corrected chi connectivity index (χ4v) is 1.45. The first-order valence-corrected chi connectivity index (χ1v) is 5.74. The molecular weight excluding hydrogens is 174 g/mol. The molecule has 0 saturated carbocycles. The fourth-order valence-electron chi connectivity index (χ4n) is 1.45. The molecule has 0 aliphatic carbocycles. The zero-order valence-corrected chi connectivity index (χ0v) is 10.5. The van der Waals surface area contributed by atoms with Crippen LogP contribution in [0, 0.1) is 11.3 Å².